The number of halogens is 1. The third kappa shape index (κ3) is 3.44. The summed E-state index contributed by atoms with van der Waals surface area (Å²) < 4.78 is 26.5. The molecule has 2 aromatic rings. The van der Waals surface area contributed by atoms with E-state index in [4.69, 9.17) is 11.6 Å². The standard InChI is InChI=1S/C11H9ClN4O4S/c1-7-6-10(12)14-11(13-7)15-21(19,20)9-5-3-2-4-8(9)16(17)18/h2-6H,1H3,(H,13,14,15). The average molecular weight is 329 g/mol. The number of hydrogen-bond acceptors (Lipinski definition) is 6. The second-order valence-electron chi connectivity index (χ2n) is 3.99. The van der Waals surface area contributed by atoms with E-state index in [0.717, 1.165) is 12.1 Å². The lowest BCUT2D eigenvalue weighted by Gasteiger charge is -2.07. The SMILES string of the molecule is Cc1cc(Cl)nc(NS(=O)(=O)c2ccccc2[N+](=O)[O-])n1. The molecule has 0 amide bonds. The Morgan fingerprint density at radius 1 is 1.29 bits per heavy atom. The van der Waals surface area contributed by atoms with Crippen LogP contribution in [0.4, 0.5) is 11.6 Å². The molecule has 1 N–H and O–H groups in total. The largest absolute Gasteiger partial charge is 0.289 e. The van der Waals surface area contributed by atoms with Crippen LogP contribution in [-0.2, 0) is 10.0 Å². The number of rotatable bonds is 4. The Morgan fingerprint density at radius 3 is 2.57 bits per heavy atom. The molecule has 0 saturated heterocycles. The van der Waals surface area contributed by atoms with Gasteiger partial charge >= 0.3 is 0 Å². The summed E-state index contributed by atoms with van der Waals surface area (Å²) in [6.45, 7) is 1.61. The van der Waals surface area contributed by atoms with Crippen LogP contribution in [0.1, 0.15) is 5.69 Å². The predicted molar refractivity (Wildman–Crippen MR) is 75.7 cm³/mol. The zero-order valence-corrected chi connectivity index (χ0v) is 12.2. The molecule has 0 aliphatic heterocycles. The van der Waals surface area contributed by atoms with Crippen LogP contribution >= 0.6 is 11.6 Å². The number of nitro benzene ring substituents is 1. The van der Waals surface area contributed by atoms with Crippen molar-refractivity contribution in [3.63, 3.8) is 0 Å². The Labute approximate surface area is 125 Å². The molecule has 0 aliphatic carbocycles. The van der Waals surface area contributed by atoms with Crippen molar-refractivity contribution in [3.05, 3.63) is 51.3 Å². The lowest BCUT2D eigenvalue weighted by atomic mass is 10.3. The van der Waals surface area contributed by atoms with Crippen molar-refractivity contribution in [2.45, 2.75) is 11.8 Å². The van der Waals surface area contributed by atoms with Gasteiger partial charge < -0.3 is 0 Å². The smallest absolute Gasteiger partial charge is 0.258 e. The monoisotopic (exact) mass is 328 g/mol. The molecule has 1 aromatic carbocycles. The zero-order chi connectivity index (χ0) is 15.6. The Bertz CT molecular complexity index is 789. The van der Waals surface area contributed by atoms with Crippen LogP contribution < -0.4 is 4.72 Å². The minimum atomic E-state index is -4.20. The number of anilines is 1. The van der Waals surface area contributed by atoms with Gasteiger partial charge in [-0.25, -0.2) is 23.1 Å². The van der Waals surface area contributed by atoms with Crippen LogP contribution in [-0.4, -0.2) is 23.3 Å². The summed E-state index contributed by atoms with van der Waals surface area (Å²) in [6, 6.07) is 6.42. The van der Waals surface area contributed by atoms with Crippen LogP contribution in [0.2, 0.25) is 5.15 Å². The van der Waals surface area contributed by atoms with Gasteiger partial charge in [-0.3, -0.25) is 10.1 Å². The van der Waals surface area contributed by atoms with Crippen molar-refractivity contribution in [3.8, 4) is 0 Å². The van der Waals surface area contributed by atoms with Crippen molar-refractivity contribution < 1.29 is 13.3 Å². The lowest BCUT2D eigenvalue weighted by molar-refractivity contribution is -0.387. The number of sulfonamides is 1. The van der Waals surface area contributed by atoms with Crippen LogP contribution in [0.5, 0.6) is 0 Å². The van der Waals surface area contributed by atoms with Crippen LogP contribution in [0.25, 0.3) is 0 Å². The topological polar surface area (TPSA) is 115 Å². The number of nitrogens with zero attached hydrogens (tertiary/aromatic N) is 3. The normalized spacial score (nSPS) is 11.1. The Morgan fingerprint density at radius 2 is 1.95 bits per heavy atom. The first-order valence-corrected chi connectivity index (χ1v) is 7.43. The molecule has 0 aliphatic rings. The van der Waals surface area contributed by atoms with Gasteiger partial charge in [-0.05, 0) is 19.1 Å². The summed E-state index contributed by atoms with van der Waals surface area (Å²) in [4.78, 5) is 17.2. The summed E-state index contributed by atoms with van der Waals surface area (Å²) in [7, 11) is -4.20. The van der Waals surface area contributed by atoms with Gasteiger partial charge in [-0.2, -0.15) is 0 Å². The molecule has 2 rings (SSSR count). The molecule has 1 aromatic heterocycles. The van der Waals surface area contributed by atoms with Gasteiger partial charge in [-0.15, -0.1) is 0 Å². The van der Waals surface area contributed by atoms with Crippen molar-refractivity contribution in [1.82, 2.24) is 9.97 Å². The molecule has 0 fully saturated rings. The molecule has 0 spiro atoms. The van der Waals surface area contributed by atoms with E-state index in [9.17, 15) is 18.5 Å². The van der Waals surface area contributed by atoms with Gasteiger partial charge in [0, 0.05) is 11.8 Å². The predicted octanol–water partition coefficient (Wildman–Crippen LogP) is 2.15. The number of nitrogens with one attached hydrogen (secondary N) is 1. The molecule has 110 valence electrons. The molecule has 0 saturated carbocycles. The number of benzene rings is 1. The van der Waals surface area contributed by atoms with E-state index in [0.29, 0.717) is 5.69 Å². The summed E-state index contributed by atoms with van der Waals surface area (Å²) in [6.07, 6.45) is 0. The second kappa shape index (κ2) is 5.62. The Hall–Kier alpha value is -2.26. The maximum Gasteiger partial charge on any atom is 0.289 e. The van der Waals surface area contributed by atoms with Crippen LogP contribution in [0.15, 0.2) is 35.2 Å². The Balaban J connectivity index is 2.46. The minimum absolute atomic E-state index is 0.0581. The van der Waals surface area contributed by atoms with E-state index in [1.807, 2.05) is 0 Å². The van der Waals surface area contributed by atoms with Crippen LogP contribution in [0, 0.1) is 17.0 Å². The first kappa shape index (κ1) is 15.1. The second-order valence-corrected chi connectivity index (χ2v) is 6.02. The molecule has 10 heteroatoms. The molecule has 0 radical (unpaired) electrons. The summed E-state index contributed by atoms with van der Waals surface area (Å²) in [5.41, 5.74) is -0.0842. The van der Waals surface area contributed by atoms with E-state index >= 15 is 0 Å². The molecule has 8 nitrogen and oxygen atoms in total. The average Bonchev–Trinajstić information content (AvgIpc) is 2.36. The summed E-state index contributed by atoms with van der Waals surface area (Å²) in [5, 5.41) is 10.9. The third-order valence-electron chi connectivity index (χ3n) is 2.40. The van der Waals surface area contributed by atoms with Crippen molar-refractivity contribution >= 4 is 33.3 Å². The van der Waals surface area contributed by atoms with E-state index < -0.39 is 25.5 Å². The third-order valence-corrected chi connectivity index (χ3v) is 3.97. The fraction of sp³-hybridized carbons (Fsp3) is 0.0909. The van der Waals surface area contributed by atoms with Crippen molar-refractivity contribution in [2.75, 3.05) is 4.72 Å². The van der Waals surface area contributed by atoms with Gasteiger partial charge in [0.1, 0.15) is 5.15 Å². The highest BCUT2D eigenvalue weighted by Crippen LogP contribution is 2.24. The van der Waals surface area contributed by atoms with E-state index in [1.165, 1.54) is 18.2 Å². The van der Waals surface area contributed by atoms with E-state index in [2.05, 4.69) is 14.7 Å². The quantitative estimate of drug-likeness (QED) is 0.522. The summed E-state index contributed by atoms with van der Waals surface area (Å²) >= 11 is 5.71. The van der Waals surface area contributed by atoms with Gasteiger partial charge in [-0.1, -0.05) is 23.7 Å². The van der Waals surface area contributed by atoms with E-state index in [1.54, 1.807) is 6.92 Å². The molecule has 1 heterocycles. The van der Waals surface area contributed by atoms with Crippen molar-refractivity contribution in [1.29, 1.82) is 0 Å². The molecule has 0 unspecified atom stereocenters. The number of aryl methyl sites for hydroxylation is 1. The highest BCUT2D eigenvalue weighted by molar-refractivity contribution is 7.92. The zero-order valence-electron chi connectivity index (χ0n) is 10.6. The van der Waals surface area contributed by atoms with E-state index in [-0.39, 0.29) is 11.1 Å². The molecule has 0 bridgehead atoms. The Kier molecular flexibility index (Phi) is 4.05. The number of hydrogen-bond donors (Lipinski definition) is 1. The van der Waals surface area contributed by atoms with Crippen LogP contribution in [0.3, 0.4) is 0 Å². The number of nitro groups is 1. The molecule has 21 heavy (non-hydrogen) atoms. The first-order chi connectivity index (χ1) is 9.79. The maximum atomic E-state index is 12.2. The minimum Gasteiger partial charge on any atom is -0.258 e. The maximum absolute atomic E-state index is 12.2. The first-order valence-electron chi connectivity index (χ1n) is 5.57. The fourth-order valence-electron chi connectivity index (χ4n) is 1.59. The van der Waals surface area contributed by atoms with Crippen molar-refractivity contribution in [2.24, 2.45) is 0 Å². The molecule has 0 atom stereocenters. The highest BCUT2D eigenvalue weighted by Gasteiger charge is 2.26. The van der Waals surface area contributed by atoms with Gasteiger partial charge in [0.05, 0.1) is 4.92 Å². The van der Waals surface area contributed by atoms with Gasteiger partial charge in [0.15, 0.2) is 4.90 Å². The fourth-order valence-corrected chi connectivity index (χ4v) is 2.94. The van der Waals surface area contributed by atoms with Gasteiger partial charge in [0.2, 0.25) is 5.95 Å². The lowest BCUT2D eigenvalue weighted by Crippen LogP contribution is -2.16. The summed E-state index contributed by atoms with van der Waals surface area (Å²) in [5.74, 6) is -0.252. The van der Waals surface area contributed by atoms with Gasteiger partial charge in [0.25, 0.3) is 15.7 Å². The molecular formula is C11H9ClN4O4S. The number of para-hydroxylation sites is 1. The highest BCUT2D eigenvalue weighted by atomic mass is 35.5. The molecular weight excluding hydrogens is 320 g/mol. The number of aromatic nitrogens is 2.